The minimum atomic E-state index is -0.401. The van der Waals surface area contributed by atoms with Crippen LogP contribution in [0.4, 0.5) is 0 Å². The Balaban J connectivity index is 1.69. The van der Waals surface area contributed by atoms with Crippen LogP contribution in [-0.4, -0.2) is 31.1 Å². The minimum absolute atomic E-state index is 0.0341. The van der Waals surface area contributed by atoms with E-state index in [1.54, 1.807) is 30.3 Å². The van der Waals surface area contributed by atoms with E-state index < -0.39 is 5.91 Å². The summed E-state index contributed by atoms with van der Waals surface area (Å²) in [6.07, 6.45) is 1.34. The number of rotatable bonds is 4. The van der Waals surface area contributed by atoms with Crippen molar-refractivity contribution in [3.05, 3.63) is 47.5 Å². The molecule has 0 saturated heterocycles. The van der Waals surface area contributed by atoms with Gasteiger partial charge in [0.1, 0.15) is 11.5 Å². The first-order chi connectivity index (χ1) is 11.2. The molecule has 2 N–H and O–H groups in total. The summed E-state index contributed by atoms with van der Waals surface area (Å²) in [6.45, 7) is 0.147. The van der Waals surface area contributed by atoms with Gasteiger partial charge in [-0.3, -0.25) is 4.79 Å². The molecule has 23 heavy (non-hydrogen) atoms. The smallest absolute Gasteiger partial charge is 0.271 e. The molecule has 1 aliphatic rings. The van der Waals surface area contributed by atoms with Gasteiger partial charge in [-0.15, -0.1) is 0 Å². The average Bonchev–Trinajstić information content (AvgIpc) is 3.04. The monoisotopic (exact) mass is 314 g/mol. The normalized spacial score (nSPS) is 12.4. The molecule has 0 aliphatic carbocycles. The van der Waals surface area contributed by atoms with E-state index in [0.717, 1.165) is 0 Å². The highest BCUT2D eigenvalue weighted by Gasteiger charge is 2.15. The number of fused-ring (bicyclic) bond motifs is 1. The summed E-state index contributed by atoms with van der Waals surface area (Å²) in [4.78, 5) is 12.0. The third kappa shape index (κ3) is 3.18. The van der Waals surface area contributed by atoms with Gasteiger partial charge in [0, 0.05) is 11.1 Å². The van der Waals surface area contributed by atoms with Crippen molar-refractivity contribution < 1.29 is 24.1 Å². The molecule has 0 saturated carbocycles. The maximum absolute atomic E-state index is 12.0. The van der Waals surface area contributed by atoms with Crippen LogP contribution in [0.25, 0.3) is 0 Å². The van der Waals surface area contributed by atoms with Gasteiger partial charge in [0.05, 0.1) is 13.3 Å². The second kappa shape index (κ2) is 6.27. The third-order valence-corrected chi connectivity index (χ3v) is 3.24. The molecule has 2 aromatic carbocycles. The molecule has 7 nitrogen and oxygen atoms in total. The first-order valence-electron chi connectivity index (χ1n) is 6.77. The summed E-state index contributed by atoms with van der Waals surface area (Å²) in [6, 6.07) is 9.57. The van der Waals surface area contributed by atoms with Crippen molar-refractivity contribution in [3.8, 4) is 23.0 Å². The summed E-state index contributed by atoms with van der Waals surface area (Å²) >= 11 is 0. The van der Waals surface area contributed by atoms with Gasteiger partial charge in [-0.2, -0.15) is 5.10 Å². The van der Waals surface area contributed by atoms with Crippen LogP contribution in [-0.2, 0) is 0 Å². The quantitative estimate of drug-likeness (QED) is 0.664. The number of aromatic hydroxyl groups is 1. The molecule has 118 valence electrons. The predicted molar refractivity (Wildman–Crippen MR) is 82.3 cm³/mol. The average molecular weight is 314 g/mol. The van der Waals surface area contributed by atoms with Crippen LogP contribution in [0, 0.1) is 0 Å². The van der Waals surface area contributed by atoms with Gasteiger partial charge < -0.3 is 19.3 Å². The molecule has 1 amide bonds. The maximum Gasteiger partial charge on any atom is 0.271 e. The highest BCUT2D eigenvalue weighted by molar-refractivity contribution is 5.95. The molecule has 0 radical (unpaired) electrons. The van der Waals surface area contributed by atoms with E-state index in [4.69, 9.17) is 14.2 Å². The number of carbonyl (C=O) groups excluding carboxylic acids is 1. The van der Waals surface area contributed by atoms with Crippen molar-refractivity contribution in [2.75, 3.05) is 13.9 Å². The molecule has 0 bridgehead atoms. The number of amides is 1. The summed E-state index contributed by atoms with van der Waals surface area (Å²) in [5.41, 5.74) is 3.20. The largest absolute Gasteiger partial charge is 0.507 e. The van der Waals surface area contributed by atoms with Crippen LogP contribution >= 0.6 is 0 Å². The second-order valence-corrected chi connectivity index (χ2v) is 4.69. The topological polar surface area (TPSA) is 89.4 Å². The summed E-state index contributed by atoms with van der Waals surface area (Å²) < 4.78 is 15.5. The Hall–Kier alpha value is -3.22. The van der Waals surface area contributed by atoms with Crippen molar-refractivity contribution in [2.45, 2.75) is 0 Å². The lowest BCUT2D eigenvalue weighted by Crippen LogP contribution is -2.17. The predicted octanol–water partition coefficient (Wildman–Crippen LogP) is 1.89. The first kappa shape index (κ1) is 14.7. The van der Waals surface area contributed by atoms with Gasteiger partial charge in [0.15, 0.2) is 11.5 Å². The van der Waals surface area contributed by atoms with Crippen molar-refractivity contribution in [1.29, 1.82) is 0 Å². The Morgan fingerprint density at radius 2 is 2.09 bits per heavy atom. The van der Waals surface area contributed by atoms with Gasteiger partial charge >= 0.3 is 0 Å². The second-order valence-electron chi connectivity index (χ2n) is 4.69. The van der Waals surface area contributed by atoms with Gasteiger partial charge in [0.2, 0.25) is 6.79 Å². The number of methoxy groups -OCH3 is 1. The molecule has 0 spiro atoms. The molecule has 1 heterocycles. The van der Waals surface area contributed by atoms with E-state index in [1.165, 1.54) is 19.4 Å². The lowest BCUT2D eigenvalue weighted by Gasteiger charge is -2.04. The van der Waals surface area contributed by atoms with Crippen molar-refractivity contribution in [3.63, 3.8) is 0 Å². The Morgan fingerprint density at radius 1 is 1.26 bits per heavy atom. The number of nitrogens with one attached hydrogen (secondary N) is 1. The molecule has 7 heteroatoms. The summed E-state index contributed by atoms with van der Waals surface area (Å²) in [5, 5.41) is 13.6. The number of carbonyl (C=O) groups is 1. The lowest BCUT2D eigenvalue weighted by molar-refractivity contribution is 0.0954. The van der Waals surface area contributed by atoms with E-state index in [0.29, 0.717) is 28.4 Å². The van der Waals surface area contributed by atoms with Crippen molar-refractivity contribution >= 4 is 12.1 Å². The fraction of sp³-hybridized carbons (Fsp3) is 0.125. The molecule has 3 rings (SSSR count). The number of ether oxygens (including phenoxy) is 3. The van der Waals surface area contributed by atoms with E-state index in [-0.39, 0.29) is 12.5 Å². The van der Waals surface area contributed by atoms with Gasteiger partial charge in [-0.25, -0.2) is 5.43 Å². The zero-order chi connectivity index (χ0) is 16.2. The molecular formula is C16H14N2O5. The van der Waals surface area contributed by atoms with Crippen LogP contribution in [0.2, 0.25) is 0 Å². The summed E-state index contributed by atoms with van der Waals surface area (Å²) in [7, 11) is 1.52. The zero-order valence-corrected chi connectivity index (χ0v) is 12.3. The van der Waals surface area contributed by atoms with Gasteiger partial charge in [0.25, 0.3) is 5.91 Å². The van der Waals surface area contributed by atoms with Gasteiger partial charge in [-0.05, 0) is 36.4 Å². The number of hydrogen-bond donors (Lipinski definition) is 2. The standard InChI is InChI=1S/C16H14N2O5/c1-21-12-3-4-13(19)11(6-12)8-17-18-16(20)10-2-5-14-15(7-10)23-9-22-14/h2-8,19H,9H2,1H3,(H,18,20)/b17-8-. The van der Waals surface area contributed by atoms with E-state index in [1.807, 2.05) is 0 Å². The van der Waals surface area contributed by atoms with Crippen LogP contribution < -0.4 is 19.6 Å². The Morgan fingerprint density at radius 3 is 2.91 bits per heavy atom. The highest BCUT2D eigenvalue weighted by atomic mass is 16.7. The van der Waals surface area contributed by atoms with Crippen molar-refractivity contribution in [2.24, 2.45) is 5.10 Å². The SMILES string of the molecule is COc1ccc(O)c(/C=N\NC(=O)c2ccc3c(c2)OCO3)c1. The maximum atomic E-state index is 12.0. The number of hydrazone groups is 1. The van der Waals surface area contributed by atoms with Crippen molar-refractivity contribution in [1.82, 2.24) is 5.43 Å². The fourth-order valence-corrected chi connectivity index (χ4v) is 2.03. The van der Waals surface area contributed by atoms with Gasteiger partial charge in [-0.1, -0.05) is 0 Å². The number of phenols is 1. The van der Waals surface area contributed by atoms with Crippen LogP contribution in [0.3, 0.4) is 0 Å². The lowest BCUT2D eigenvalue weighted by atomic mass is 10.2. The molecule has 2 aromatic rings. The molecule has 0 unspecified atom stereocenters. The Labute approximate surface area is 132 Å². The third-order valence-electron chi connectivity index (χ3n) is 3.24. The number of benzene rings is 2. The Kier molecular flexibility index (Phi) is 4.01. The first-order valence-corrected chi connectivity index (χ1v) is 6.77. The van der Waals surface area contributed by atoms with E-state index in [9.17, 15) is 9.90 Å². The van der Waals surface area contributed by atoms with E-state index >= 15 is 0 Å². The Bertz CT molecular complexity index is 773. The molecule has 0 aromatic heterocycles. The zero-order valence-electron chi connectivity index (χ0n) is 12.3. The minimum Gasteiger partial charge on any atom is -0.507 e. The number of nitrogens with zero attached hydrogens (tertiary/aromatic N) is 1. The fourth-order valence-electron chi connectivity index (χ4n) is 2.03. The molecule has 0 atom stereocenters. The van der Waals surface area contributed by atoms with E-state index in [2.05, 4.69) is 10.5 Å². The molecular weight excluding hydrogens is 300 g/mol. The summed E-state index contributed by atoms with van der Waals surface area (Å²) in [5.74, 6) is 1.33. The molecule has 0 fully saturated rings. The number of phenolic OH excluding ortho intramolecular Hbond substituents is 1. The van der Waals surface area contributed by atoms with Crippen LogP contribution in [0.1, 0.15) is 15.9 Å². The van der Waals surface area contributed by atoms with Crippen LogP contribution in [0.15, 0.2) is 41.5 Å². The van der Waals surface area contributed by atoms with Crippen LogP contribution in [0.5, 0.6) is 23.0 Å². The number of hydrogen-bond acceptors (Lipinski definition) is 6. The molecule has 1 aliphatic heterocycles. The highest BCUT2D eigenvalue weighted by Crippen LogP contribution is 2.32.